The number of nitrogens with zero attached hydrogens (tertiary/aromatic N) is 3. The van der Waals surface area contributed by atoms with Crippen molar-refractivity contribution in [2.24, 2.45) is 0 Å². The standard InChI is InChI=1S/C32H37N5O8/c1-20-8-5-6-9-23(20)34-32(44)35-24-14-12-21(16-26(24)45-4)17-29(39)37(3)27-15-13-22(19-33-27)25(18-31(42)43)36(2)28(38)10-7-11-30(40)41/h5-6,8-9,12-16,19,25H,7,10-11,17-18H2,1-4H3,(H,40,41)(H,42,43)(H2,34,35,44). The van der Waals surface area contributed by atoms with E-state index in [0.29, 0.717) is 34.1 Å². The minimum Gasteiger partial charge on any atom is -0.495 e. The van der Waals surface area contributed by atoms with Crippen molar-refractivity contribution >= 4 is 47.0 Å². The van der Waals surface area contributed by atoms with Gasteiger partial charge in [-0.25, -0.2) is 9.78 Å². The molecule has 0 aliphatic rings. The van der Waals surface area contributed by atoms with Crippen molar-refractivity contribution in [2.45, 2.75) is 45.1 Å². The first-order valence-electron chi connectivity index (χ1n) is 14.1. The third-order valence-corrected chi connectivity index (χ3v) is 7.15. The maximum absolute atomic E-state index is 13.1. The SMILES string of the molecule is COc1cc(CC(=O)N(C)c2ccc(C(CC(=O)O)N(C)C(=O)CCCC(=O)O)cn2)ccc1NC(=O)Nc1ccccc1C. The van der Waals surface area contributed by atoms with Crippen molar-refractivity contribution in [3.8, 4) is 5.75 Å². The fraction of sp³-hybridized carbons (Fsp3) is 0.312. The molecule has 4 amide bonds. The van der Waals surface area contributed by atoms with Crippen LogP contribution in [-0.4, -0.2) is 71.1 Å². The van der Waals surface area contributed by atoms with Crippen LogP contribution in [0, 0.1) is 6.92 Å². The highest BCUT2D eigenvalue weighted by molar-refractivity contribution is 6.01. The number of rotatable bonds is 14. The zero-order chi connectivity index (χ0) is 33.1. The van der Waals surface area contributed by atoms with E-state index in [1.54, 1.807) is 43.4 Å². The normalized spacial score (nSPS) is 11.2. The summed E-state index contributed by atoms with van der Waals surface area (Å²) in [5.74, 6) is -2.13. The number of aliphatic carboxylic acids is 2. The summed E-state index contributed by atoms with van der Waals surface area (Å²) in [6, 6.07) is 14.3. The summed E-state index contributed by atoms with van der Waals surface area (Å²) in [6.45, 7) is 1.88. The van der Waals surface area contributed by atoms with Gasteiger partial charge in [-0.15, -0.1) is 0 Å². The number of carbonyl (C=O) groups excluding carboxylic acids is 3. The number of aryl methyl sites for hydroxylation is 1. The molecular weight excluding hydrogens is 582 g/mol. The van der Waals surface area contributed by atoms with Gasteiger partial charge in [-0.2, -0.15) is 0 Å². The number of ether oxygens (including phenoxy) is 1. The third kappa shape index (κ3) is 9.78. The highest BCUT2D eigenvalue weighted by Gasteiger charge is 2.25. The van der Waals surface area contributed by atoms with E-state index < -0.39 is 24.0 Å². The van der Waals surface area contributed by atoms with Gasteiger partial charge in [0.25, 0.3) is 0 Å². The Morgan fingerprint density at radius 3 is 2.22 bits per heavy atom. The monoisotopic (exact) mass is 619 g/mol. The average Bonchev–Trinajstić information content (AvgIpc) is 3.00. The zero-order valence-corrected chi connectivity index (χ0v) is 25.6. The molecule has 3 rings (SSSR count). The van der Waals surface area contributed by atoms with E-state index in [-0.39, 0.29) is 43.9 Å². The van der Waals surface area contributed by atoms with Crippen LogP contribution < -0.4 is 20.3 Å². The van der Waals surface area contributed by atoms with Gasteiger partial charge in [-0.05, 0) is 54.3 Å². The van der Waals surface area contributed by atoms with Crippen molar-refractivity contribution in [1.29, 1.82) is 0 Å². The van der Waals surface area contributed by atoms with Crippen LogP contribution in [0.1, 0.15) is 48.4 Å². The summed E-state index contributed by atoms with van der Waals surface area (Å²) in [4.78, 5) is 67.5. The van der Waals surface area contributed by atoms with Crippen molar-refractivity contribution in [3.05, 3.63) is 77.5 Å². The predicted octanol–water partition coefficient (Wildman–Crippen LogP) is 4.48. The smallest absolute Gasteiger partial charge is 0.323 e. The van der Waals surface area contributed by atoms with Crippen LogP contribution in [0.4, 0.5) is 22.0 Å². The number of nitrogens with one attached hydrogen (secondary N) is 2. The van der Waals surface area contributed by atoms with Crippen molar-refractivity contribution in [1.82, 2.24) is 9.88 Å². The lowest BCUT2D eigenvalue weighted by molar-refractivity contribution is -0.140. The van der Waals surface area contributed by atoms with Crippen molar-refractivity contribution in [2.75, 3.05) is 36.7 Å². The molecule has 1 aromatic heterocycles. The molecule has 1 unspecified atom stereocenters. The maximum Gasteiger partial charge on any atom is 0.323 e. The number of pyridine rings is 1. The van der Waals surface area contributed by atoms with Crippen molar-refractivity contribution < 1.29 is 38.9 Å². The molecule has 0 aliphatic heterocycles. The number of carboxylic acids is 2. The number of urea groups is 1. The van der Waals surface area contributed by atoms with E-state index in [1.165, 1.54) is 30.2 Å². The molecule has 3 aromatic rings. The fourth-order valence-electron chi connectivity index (χ4n) is 4.54. The number of likely N-dealkylation sites (N-methyl/N-ethyl adjacent to an activating group) is 1. The van der Waals surface area contributed by atoms with Crippen LogP contribution in [0.2, 0.25) is 0 Å². The number of benzene rings is 2. The molecule has 45 heavy (non-hydrogen) atoms. The number of carbonyl (C=O) groups is 5. The van der Waals surface area contributed by atoms with E-state index in [0.717, 1.165) is 5.56 Å². The first-order valence-corrected chi connectivity index (χ1v) is 14.1. The lowest BCUT2D eigenvalue weighted by atomic mass is 10.0. The molecule has 0 spiro atoms. The zero-order valence-electron chi connectivity index (χ0n) is 25.6. The second-order valence-electron chi connectivity index (χ2n) is 10.4. The Balaban J connectivity index is 1.66. The minimum atomic E-state index is -1.12. The van der Waals surface area contributed by atoms with Crippen LogP contribution in [0.3, 0.4) is 0 Å². The summed E-state index contributed by atoms with van der Waals surface area (Å²) < 4.78 is 5.44. The molecule has 2 aromatic carbocycles. The first kappa shape index (κ1) is 34.0. The molecule has 13 heteroatoms. The fourth-order valence-corrected chi connectivity index (χ4v) is 4.54. The van der Waals surface area contributed by atoms with Gasteiger partial charge in [0.15, 0.2) is 0 Å². The molecular formula is C32H37N5O8. The molecule has 0 bridgehead atoms. The van der Waals surface area contributed by atoms with Gasteiger partial charge < -0.3 is 30.5 Å². The van der Waals surface area contributed by atoms with E-state index in [2.05, 4.69) is 15.6 Å². The summed E-state index contributed by atoms with van der Waals surface area (Å²) in [6.07, 6.45) is 0.970. The topological polar surface area (TPSA) is 178 Å². The second-order valence-corrected chi connectivity index (χ2v) is 10.4. The Bertz CT molecular complexity index is 1540. The van der Waals surface area contributed by atoms with Gasteiger partial charge in [0, 0.05) is 38.8 Å². The number of hydrogen-bond acceptors (Lipinski definition) is 7. The van der Waals surface area contributed by atoms with E-state index in [4.69, 9.17) is 9.84 Å². The van der Waals surface area contributed by atoms with Crippen LogP contribution in [0.15, 0.2) is 60.8 Å². The molecule has 1 heterocycles. The molecule has 0 fully saturated rings. The van der Waals surface area contributed by atoms with Gasteiger partial charge in [0.1, 0.15) is 11.6 Å². The molecule has 0 aliphatic carbocycles. The number of methoxy groups -OCH3 is 1. The maximum atomic E-state index is 13.1. The van der Waals surface area contributed by atoms with E-state index >= 15 is 0 Å². The Kier molecular flexibility index (Phi) is 12.0. The summed E-state index contributed by atoms with van der Waals surface area (Å²) >= 11 is 0. The molecule has 0 saturated heterocycles. The minimum absolute atomic E-state index is 0.00119. The van der Waals surface area contributed by atoms with Crippen LogP contribution in [-0.2, 0) is 25.6 Å². The Morgan fingerprint density at radius 1 is 0.889 bits per heavy atom. The van der Waals surface area contributed by atoms with Crippen LogP contribution in [0.25, 0.3) is 0 Å². The largest absolute Gasteiger partial charge is 0.495 e. The van der Waals surface area contributed by atoms with Crippen LogP contribution in [0.5, 0.6) is 5.75 Å². The quantitative estimate of drug-likeness (QED) is 0.202. The van der Waals surface area contributed by atoms with Gasteiger partial charge >= 0.3 is 18.0 Å². The Morgan fingerprint density at radius 2 is 1.60 bits per heavy atom. The highest BCUT2D eigenvalue weighted by Crippen LogP contribution is 2.28. The molecule has 13 nitrogen and oxygen atoms in total. The predicted molar refractivity (Wildman–Crippen MR) is 167 cm³/mol. The van der Waals surface area contributed by atoms with E-state index in [1.807, 2.05) is 25.1 Å². The first-order chi connectivity index (χ1) is 21.4. The number of anilines is 3. The number of hydrogen-bond donors (Lipinski definition) is 4. The number of amides is 4. The summed E-state index contributed by atoms with van der Waals surface area (Å²) in [7, 11) is 4.48. The van der Waals surface area contributed by atoms with Gasteiger partial charge in [0.05, 0.1) is 31.7 Å². The number of aromatic nitrogens is 1. The van der Waals surface area contributed by atoms with E-state index in [9.17, 15) is 29.1 Å². The second kappa shape index (κ2) is 15.8. The van der Waals surface area contributed by atoms with Crippen LogP contribution >= 0.6 is 0 Å². The van der Waals surface area contributed by atoms with Gasteiger partial charge in [-0.1, -0.05) is 30.3 Å². The molecule has 0 saturated carbocycles. The highest BCUT2D eigenvalue weighted by atomic mass is 16.5. The lowest BCUT2D eigenvalue weighted by Gasteiger charge is -2.28. The summed E-state index contributed by atoms with van der Waals surface area (Å²) in [5, 5.41) is 23.8. The lowest BCUT2D eigenvalue weighted by Crippen LogP contribution is -2.33. The summed E-state index contributed by atoms with van der Waals surface area (Å²) in [5.41, 5.74) is 3.10. The Hall–Kier alpha value is -5.46. The number of para-hydroxylation sites is 1. The third-order valence-electron chi connectivity index (χ3n) is 7.15. The van der Waals surface area contributed by atoms with Crippen molar-refractivity contribution in [3.63, 3.8) is 0 Å². The number of carboxylic acid groups (broad SMARTS) is 2. The van der Waals surface area contributed by atoms with Gasteiger partial charge in [-0.3, -0.25) is 24.1 Å². The molecule has 1 atom stereocenters. The van der Waals surface area contributed by atoms with Gasteiger partial charge in [0.2, 0.25) is 11.8 Å². The molecule has 4 N–H and O–H groups in total. The molecule has 0 radical (unpaired) electrons. The molecule has 238 valence electrons. The average molecular weight is 620 g/mol. The Labute approximate surface area is 260 Å².